The molecule has 7 heteroatoms. The van der Waals surface area contributed by atoms with E-state index in [4.69, 9.17) is 0 Å². The molecule has 0 unspecified atom stereocenters. The summed E-state index contributed by atoms with van der Waals surface area (Å²) < 4.78 is 15.9. The van der Waals surface area contributed by atoms with Crippen molar-refractivity contribution in [3.8, 4) is 0 Å². The number of halogens is 1. The molecule has 0 radical (unpaired) electrons. The van der Waals surface area contributed by atoms with E-state index in [9.17, 15) is 9.18 Å². The summed E-state index contributed by atoms with van der Waals surface area (Å²) in [5.41, 5.74) is 4.46. The van der Waals surface area contributed by atoms with E-state index in [1.807, 2.05) is 22.7 Å². The summed E-state index contributed by atoms with van der Waals surface area (Å²) in [6.45, 7) is 7.60. The zero-order chi connectivity index (χ0) is 20.9. The Morgan fingerprint density at radius 2 is 2.00 bits per heavy atom. The van der Waals surface area contributed by atoms with Crippen LogP contribution in [-0.4, -0.2) is 64.2 Å². The number of benzene rings is 1. The zero-order valence-corrected chi connectivity index (χ0v) is 17.9. The van der Waals surface area contributed by atoms with Crippen LogP contribution in [0.15, 0.2) is 24.3 Å². The second-order valence-electron chi connectivity index (χ2n) is 8.72. The first-order valence-electron chi connectivity index (χ1n) is 10.2. The van der Waals surface area contributed by atoms with Crippen molar-refractivity contribution in [2.75, 3.05) is 33.7 Å². The van der Waals surface area contributed by atoms with Crippen molar-refractivity contribution in [3.63, 3.8) is 0 Å². The van der Waals surface area contributed by atoms with Crippen LogP contribution in [0.2, 0.25) is 0 Å². The van der Waals surface area contributed by atoms with Gasteiger partial charge in [0.2, 0.25) is 0 Å². The Hall–Kier alpha value is -2.41. The highest BCUT2D eigenvalue weighted by Crippen LogP contribution is 2.45. The minimum Gasteiger partial charge on any atom is -0.331 e. The number of amides is 2. The molecule has 1 aromatic carbocycles. The molecule has 156 valence electrons. The van der Waals surface area contributed by atoms with Gasteiger partial charge in [0.1, 0.15) is 5.82 Å². The van der Waals surface area contributed by atoms with Crippen LogP contribution < -0.4 is 0 Å². The third-order valence-electron chi connectivity index (χ3n) is 6.60. The van der Waals surface area contributed by atoms with E-state index in [-0.39, 0.29) is 17.9 Å². The van der Waals surface area contributed by atoms with Crippen molar-refractivity contribution in [2.45, 2.75) is 26.4 Å². The molecule has 0 spiro atoms. The third-order valence-corrected chi connectivity index (χ3v) is 6.60. The maximum absolute atomic E-state index is 14.0. The highest BCUT2D eigenvalue weighted by atomic mass is 19.1. The van der Waals surface area contributed by atoms with Gasteiger partial charge in [-0.25, -0.2) is 9.18 Å². The van der Waals surface area contributed by atoms with E-state index in [2.05, 4.69) is 23.8 Å². The fraction of sp³-hybridized carbons (Fsp3) is 0.545. The van der Waals surface area contributed by atoms with Crippen LogP contribution in [0.1, 0.15) is 28.6 Å². The van der Waals surface area contributed by atoms with Crippen LogP contribution in [0.5, 0.6) is 0 Å². The van der Waals surface area contributed by atoms with E-state index in [0.29, 0.717) is 18.4 Å². The minimum absolute atomic E-state index is 0.000778. The van der Waals surface area contributed by atoms with E-state index in [1.165, 1.54) is 17.3 Å². The highest BCUT2D eigenvalue weighted by Gasteiger charge is 2.49. The van der Waals surface area contributed by atoms with Gasteiger partial charge in [-0.15, -0.1) is 0 Å². The molecule has 0 aliphatic carbocycles. The van der Waals surface area contributed by atoms with Gasteiger partial charge >= 0.3 is 6.03 Å². The summed E-state index contributed by atoms with van der Waals surface area (Å²) in [5.74, 6) is 0.446. The number of fused-ring (bicyclic) bond motifs is 1. The maximum atomic E-state index is 14.0. The molecule has 3 atom stereocenters. The Balaban J connectivity index is 1.59. The van der Waals surface area contributed by atoms with Crippen LogP contribution in [0.25, 0.3) is 0 Å². The lowest BCUT2D eigenvalue weighted by atomic mass is 9.89. The standard InChI is InChI=1S/C22H30FN5O/c1-14-19(15(2)26(5)24-14)12-27-10-17-11-28(22(29)25(3)4)21(20(17)13-27)16-7-6-8-18(23)9-16/h6-9,17,20-21H,10-13H2,1-5H3/t17-,20-,21+/m1/s1. The predicted molar refractivity (Wildman–Crippen MR) is 110 cm³/mol. The average Bonchev–Trinajstić information content (AvgIpc) is 3.28. The summed E-state index contributed by atoms with van der Waals surface area (Å²) in [7, 11) is 5.54. The molecule has 29 heavy (non-hydrogen) atoms. The second kappa shape index (κ2) is 7.44. The summed E-state index contributed by atoms with van der Waals surface area (Å²) in [5, 5.41) is 4.54. The Labute approximate surface area is 171 Å². The van der Waals surface area contributed by atoms with Crippen molar-refractivity contribution >= 4 is 6.03 Å². The molecule has 2 fully saturated rings. The van der Waals surface area contributed by atoms with Gasteiger partial charge in [0.15, 0.2) is 0 Å². The number of hydrogen-bond acceptors (Lipinski definition) is 3. The number of nitrogens with zero attached hydrogens (tertiary/aromatic N) is 5. The highest BCUT2D eigenvalue weighted by molar-refractivity contribution is 5.75. The minimum atomic E-state index is -0.250. The lowest BCUT2D eigenvalue weighted by molar-refractivity contribution is 0.151. The Morgan fingerprint density at radius 1 is 1.24 bits per heavy atom. The van der Waals surface area contributed by atoms with Gasteiger partial charge in [-0.3, -0.25) is 9.58 Å². The van der Waals surface area contributed by atoms with Gasteiger partial charge in [0, 0.05) is 64.5 Å². The lowest BCUT2D eigenvalue weighted by Gasteiger charge is -2.32. The average molecular weight is 400 g/mol. The summed E-state index contributed by atoms with van der Waals surface area (Å²) >= 11 is 0. The Morgan fingerprint density at radius 3 is 2.62 bits per heavy atom. The van der Waals surface area contributed by atoms with E-state index in [1.54, 1.807) is 31.1 Å². The predicted octanol–water partition coefficient (Wildman–Crippen LogP) is 2.96. The van der Waals surface area contributed by atoms with Crippen molar-refractivity contribution in [1.82, 2.24) is 24.5 Å². The van der Waals surface area contributed by atoms with Gasteiger partial charge in [0.25, 0.3) is 0 Å². The Kier molecular flexibility index (Phi) is 5.11. The first-order valence-corrected chi connectivity index (χ1v) is 10.2. The molecule has 2 saturated heterocycles. The quantitative estimate of drug-likeness (QED) is 0.797. The maximum Gasteiger partial charge on any atom is 0.320 e. The molecule has 2 amide bonds. The van der Waals surface area contributed by atoms with Crippen molar-refractivity contribution in [1.29, 1.82) is 0 Å². The number of urea groups is 1. The van der Waals surface area contributed by atoms with Crippen molar-refractivity contribution in [2.24, 2.45) is 18.9 Å². The molecular weight excluding hydrogens is 369 g/mol. The molecule has 0 N–H and O–H groups in total. The molecule has 3 heterocycles. The summed E-state index contributed by atoms with van der Waals surface area (Å²) in [6.07, 6.45) is 0. The molecule has 2 aliphatic rings. The first-order chi connectivity index (χ1) is 13.8. The number of carbonyl (C=O) groups excluding carboxylic acids is 1. The fourth-order valence-corrected chi connectivity index (χ4v) is 5.11. The van der Waals surface area contributed by atoms with Gasteiger partial charge in [0.05, 0.1) is 11.7 Å². The largest absolute Gasteiger partial charge is 0.331 e. The van der Waals surface area contributed by atoms with Crippen LogP contribution in [0.4, 0.5) is 9.18 Å². The molecule has 0 bridgehead atoms. The van der Waals surface area contributed by atoms with E-state index >= 15 is 0 Å². The fourth-order valence-electron chi connectivity index (χ4n) is 5.11. The van der Waals surface area contributed by atoms with Gasteiger partial charge < -0.3 is 9.80 Å². The number of aryl methyl sites for hydroxylation is 2. The van der Waals surface area contributed by atoms with Gasteiger partial charge in [-0.2, -0.15) is 5.10 Å². The normalized spacial score (nSPS) is 24.2. The SMILES string of the molecule is Cc1nn(C)c(C)c1CN1C[C@@H]2CN(C(=O)N(C)C)[C@@H](c3cccc(F)c3)[C@@H]2C1. The summed E-state index contributed by atoms with van der Waals surface area (Å²) in [6, 6.07) is 6.64. The van der Waals surface area contributed by atoms with Gasteiger partial charge in [-0.1, -0.05) is 12.1 Å². The molecular formula is C22H30FN5O. The number of carbonyl (C=O) groups is 1. The van der Waals surface area contributed by atoms with Crippen LogP contribution >= 0.6 is 0 Å². The van der Waals surface area contributed by atoms with Crippen LogP contribution in [-0.2, 0) is 13.6 Å². The number of likely N-dealkylation sites (tertiary alicyclic amines) is 2. The molecule has 0 saturated carbocycles. The summed E-state index contributed by atoms with van der Waals surface area (Å²) in [4.78, 5) is 18.9. The van der Waals surface area contributed by atoms with Crippen molar-refractivity contribution < 1.29 is 9.18 Å². The topological polar surface area (TPSA) is 44.6 Å². The molecule has 1 aromatic heterocycles. The molecule has 2 aliphatic heterocycles. The van der Waals surface area contributed by atoms with E-state index < -0.39 is 0 Å². The molecule has 6 nitrogen and oxygen atoms in total. The van der Waals surface area contributed by atoms with Gasteiger partial charge in [-0.05, 0) is 37.5 Å². The third kappa shape index (κ3) is 3.52. The zero-order valence-electron chi connectivity index (χ0n) is 17.9. The molecule has 2 aromatic rings. The van der Waals surface area contributed by atoms with Crippen LogP contribution in [0, 0.1) is 31.5 Å². The number of aromatic nitrogens is 2. The van der Waals surface area contributed by atoms with Crippen molar-refractivity contribution in [3.05, 3.63) is 52.6 Å². The monoisotopic (exact) mass is 399 g/mol. The number of rotatable bonds is 3. The second-order valence-corrected chi connectivity index (χ2v) is 8.72. The smallest absolute Gasteiger partial charge is 0.320 e. The lowest BCUT2D eigenvalue weighted by Crippen LogP contribution is -2.41. The molecule has 4 rings (SSSR count). The number of hydrogen-bond donors (Lipinski definition) is 0. The van der Waals surface area contributed by atoms with E-state index in [0.717, 1.165) is 30.9 Å². The first kappa shape index (κ1) is 19.9. The Bertz CT molecular complexity index is 924. The van der Waals surface area contributed by atoms with Crippen LogP contribution in [0.3, 0.4) is 0 Å².